The summed E-state index contributed by atoms with van der Waals surface area (Å²) >= 11 is 0. The van der Waals surface area contributed by atoms with Crippen LogP contribution in [0.2, 0.25) is 0 Å². The van der Waals surface area contributed by atoms with Crippen molar-refractivity contribution in [3.8, 4) is 0 Å². The van der Waals surface area contributed by atoms with Gasteiger partial charge in [0.05, 0.1) is 18.4 Å². The Kier molecular flexibility index (Phi) is 3.38. The number of hydrogen-bond donors (Lipinski definition) is 2. The van der Waals surface area contributed by atoms with Gasteiger partial charge in [-0.15, -0.1) is 0 Å². The van der Waals surface area contributed by atoms with Crippen molar-refractivity contribution in [3.05, 3.63) is 29.6 Å². The molecule has 0 radical (unpaired) electrons. The maximum Gasteiger partial charge on any atom is 0.339 e. The Balaban J connectivity index is 1.98. The second-order valence-corrected chi connectivity index (χ2v) is 3.87. The van der Waals surface area contributed by atoms with Crippen LogP contribution in [0.5, 0.6) is 0 Å². The predicted octanol–water partition coefficient (Wildman–Crippen LogP) is -0.463. The van der Waals surface area contributed by atoms with Gasteiger partial charge in [-0.2, -0.15) is 10.2 Å². The van der Waals surface area contributed by atoms with Crippen LogP contribution in [0.15, 0.2) is 12.5 Å². The molecule has 0 aliphatic heterocycles. The summed E-state index contributed by atoms with van der Waals surface area (Å²) in [7, 11) is 3.50. The van der Waals surface area contributed by atoms with Gasteiger partial charge < -0.3 is 10.4 Å². The smallest absolute Gasteiger partial charge is 0.339 e. The fourth-order valence-electron chi connectivity index (χ4n) is 1.61. The minimum Gasteiger partial charge on any atom is -0.478 e. The predicted molar refractivity (Wildman–Crippen MR) is 61.7 cm³/mol. The first-order valence-corrected chi connectivity index (χ1v) is 5.37. The molecule has 2 aromatic rings. The van der Waals surface area contributed by atoms with Gasteiger partial charge in [-0.3, -0.25) is 9.36 Å². The van der Waals surface area contributed by atoms with Gasteiger partial charge >= 0.3 is 5.97 Å². The lowest BCUT2D eigenvalue weighted by atomic mass is 10.2. The van der Waals surface area contributed by atoms with Crippen molar-refractivity contribution in [2.75, 3.05) is 0 Å². The van der Waals surface area contributed by atoms with Crippen LogP contribution in [0, 0.1) is 0 Å². The van der Waals surface area contributed by atoms with Crippen LogP contribution in [0.3, 0.4) is 0 Å². The van der Waals surface area contributed by atoms with Crippen LogP contribution >= 0.6 is 0 Å². The molecule has 0 bridgehead atoms. The lowest BCUT2D eigenvalue weighted by Crippen LogP contribution is -2.18. The summed E-state index contributed by atoms with van der Waals surface area (Å²) in [6, 6.07) is 0. The maximum atomic E-state index is 11.0. The van der Waals surface area contributed by atoms with Gasteiger partial charge in [0.1, 0.15) is 11.9 Å². The first kappa shape index (κ1) is 12.2. The summed E-state index contributed by atoms with van der Waals surface area (Å²) in [5, 5.41) is 20.1. The Bertz CT molecular complexity index is 558. The number of carbonyl (C=O) groups is 1. The van der Waals surface area contributed by atoms with Crippen molar-refractivity contribution in [2.24, 2.45) is 14.1 Å². The first-order chi connectivity index (χ1) is 8.58. The van der Waals surface area contributed by atoms with Crippen molar-refractivity contribution >= 4 is 5.97 Å². The molecular weight excluding hydrogens is 236 g/mol. The molecular formula is C10H14N6O2. The van der Waals surface area contributed by atoms with Crippen LogP contribution in [0.4, 0.5) is 0 Å². The first-order valence-electron chi connectivity index (χ1n) is 5.37. The van der Waals surface area contributed by atoms with Gasteiger partial charge in [0.15, 0.2) is 5.82 Å². The van der Waals surface area contributed by atoms with Gasteiger partial charge in [0, 0.05) is 20.6 Å². The molecule has 0 unspecified atom stereocenters. The molecule has 0 saturated heterocycles. The van der Waals surface area contributed by atoms with Crippen molar-refractivity contribution in [3.63, 3.8) is 0 Å². The highest BCUT2D eigenvalue weighted by Crippen LogP contribution is 2.07. The summed E-state index contributed by atoms with van der Waals surface area (Å²) < 4.78 is 3.16. The molecule has 0 aliphatic rings. The topological polar surface area (TPSA) is 97.9 Å². The second-order valence-electron chi connectivity index (χ2n) is 3.87. The molecule has 0 aromatic carbocycles. The van der Waals surface area contributed by atoms with Gasteiger partial charge in [0.2, 0.25) is 0 Å². The quantitative estimate of drug-likeness (QED) is 0.745. The van der Waals surface area contributed by atoms with Crippen molar-refractivity contribution < 1.29 is 9.90 Å². The lowest BCUT2D eigenvalue weighted by molar-refractivity contribution is 0.0695. The number of nitrogens with zero attached hydrogens (tertiary/aromatic N) is 5. The Morgan fingerprint density at radius 3 is 2.83 bits per heavy atom. The monoisotopic (exact) mass is 250 g/mol. The maximum absolute atomic E-state index is 11.0. The zero-order valence-corrected chi connectivity index (χ0v) is 10.2. The van der Waals surface area contributed by atoms with E-state index in [9.17, 15) is 4.79 Å². The highest BCUT2D eigenvalue weighted by Gasteiger charge is 2.14. The number of carboxylic acids is 1. The van der Waals surface area contributed by atoms with Gasteiger partial charge in [-0.1, -0.05) is 0 Å². The van der Waals surface area contributed by atoms with Gasteiger partial charge in [0.25, 0.3) is 0 Å². The number of carboxylic acid groups (broad SMARTS) is 1. The molecule has 0 amide bonds. The highest BCUT2D eigenvalue weighted by molar-refractivity contribution is 5.88. The minimum absolute atomic E-state index is 0.207. The number of hydrogen-bond acceptors (Lipinski definition) is 5. The fraction of sp³-hybridized carbons (Fsp3) is 0.400. The van der Waals surface area contributed by atoms with Gasteiger partial charge in [-0.25, -0.2) is 9.78 Å². The number of nitrogens with one attached hydrogen (secondary N) is 1. The summed E-state index contributed by atoms with van der Waals surface area (Å²) in [5.74, 6) is -0.313. The highest BCUT2D eigenvalue weighted by atomic mass is 16.4. The van der Waals surface area contributed by atoms with Crippen molar-refractivity contribution in [2.45, 2.75) is 13.1 Å². The summed E-state index contributed by atoms with van der Waals surface area (Å²) in [4.78, 5) is 15.0. The minimum atomic E-state index is -0.976. The van der Waals surface area contributed by atoms with Crippen molar-refractivity contribution in [1.82, 2.24) is 29.9 Å². The number of rotatable bonds is 5. The largest absolute Gasteiger partial charge is 0.478 e. The van der Waals surface area contributed by atoms with E-state index in [4.69, 9.17) is 5.11 Å². The van der Waals surface area contributed by atoms with Crippen LogP contribution in [0.1, 0.15) is 21.9 Å². The summed E-state index contributed by atoms with van der Waals surface area (Å²) in [6.07, 6.45) is 2.96. The third-order valence-corrected chi connectivity index (χ3v) is 2.51. The average Bonchev–Trinajstić information content (AvgIpc) is 2.87. The van der Waals surface area contributed by atoms with Gasteiger partial charge in [-0.05, 0) is 0 Å². The Morgan fingerprint density at radius 1 is 1.44 bits per heavy atom. The molecule has 96 valence electrons. The normalized spacial score (nSPS) is 10.8. The van der Waals surface area contributed by atoms with E-state index in [0.717, 1.165) is 0 Å². The third kappa shape index (κ3) is 2.54. The Hall–Kier alpha value is -2.22. The van der Waals surface area contributed by atoms with E-state index in [1.165, 1.54) is 6.20 Å². The molecule has 0 aliphatic carbocycles. The Morgan fingerprint density at radius 2 is 2.22 bits per heavy atom. The second kappa shape index (κ2) is 4.96. The molecule has 0 fully saturated rings. The van der Waals surface area contributed by atoms with E-state index < -0.39 is 5.97 Å². The average molecular weight is 250 g/mol. The van der Waals surface area contributed by atoms with E-state index in [0.29, 0.717) is 24.6 Å². The van der Waals surface area contributed by atoms with Crippen LogP contribution in [-0.4, -0.2) is 35.6 Å². The summed E-state index contributed by atoms with van der Waals surface area (Å²) in [6.45, 7) is 0.876. The van der Waals surface area contributed by atoms with E-state index in [2.05, 4.69) is 20.5 Å². The van der Waals surface area contributed by atoms with Crippen LogP contribution in [0.25, 0.3) is 0 Å². The molecule has 2 heterocycles. The standard InChI is InChI=1S/C10H14N6O2/c1-15-6-12-9(14-15)5-11-4-8-7(10(17)18)3-13-16(8)2/h3,6,11H,4-5H2,1-2H3,(H,17,18). The van der Waals surface area contributed by atoms with E-state index in [1.807, 2.05) is 0 Å². The van der Waals surface area contributed by atoms with Crippen LogP contribution in [-0.2, 0) is 27.2 Å². The molecule has 18 heavy (non-hydrogen) atoms. The zero-order chi connectivity index (χ0) is 13.1. The van der Waals surface area contributed by atoms with E-state index >= 15 is 0 Å². The van der Waals surface area contributed by atoms with Crippen molar-refractivity contribution in [1.29, 1.82) is 0 Å². The molecule has 0 saturated carbocycles. The zero-order valence-electron chi connectivity index (χ0n) is 10.2. The molecule has 2 N–H and O–H groups in total. The number of aromatic nitrogens is 5. The molecule has 8 heteroatoms. The third-order valence-electron chi connectivity index (χ3n) is 2.51. The number of aryl methyl sites for hydroxylation is 2. The lowest BCUT2D eigenvalue weighted by Gasteiger charge is -2.04. The SMILES string of the molecule is Cn1cnc(CNCc2c(C(=O)O)cnn2C)n1. The Labute approximate surface area is 103 Å². The molecule has 2 rings (SSSR count). The molecule has 2 aromatic heterocycles. The molecule has 0 spiro atoms. The van der Waals surface area contributed by atoms with E-state index in [1.54, 1.807) is 29.8 Å². The molecule has 0 atom stereocenters. The molecule has 8 nitrogen and oxygen atoms in total. The summed E-state index contributed by atoms with van der Waals surface area (Å²) in [5.41, 5.74) is 0.831. The fourth-order valence-corrected chi connectivity index (χ4v) is 1.61. The number of aromatic carboxylic acids is 1. The van der Waals surface area contributed by atoms with E-state index in [-0.39, 0.29) is 5.56 Å². The van der Waals surface area contributed by atoms with Crippen LogP contribution < -0.4 is 5.32 Å².